The second-order valence-electron chi connectivity index (χ2n) is 5.69. The van der Waals surface area contributed by atoms with Crippen molar-refractivity contribution >= 4 is 24.2 Å². The fourth-order valence-corrected chi connectivity index (χ4v) is 1.77. The molecule has 1 aromatic rings. The van der Waals surface area contributed by atoms with Crippen LogP contribution >= 0.6 is 12.4 Å². The van der Waals surface area contributed by atoms with Gasteiger partial charge in [0.2, 0.25) is 11.8 Å². The third kappa shape index (κ3) is 6.59. The number of aryl methyl sites for hydroxylation is 1. The molecule has 8 heteroatoms. The molecule has 0 fully saturated rings. The second kappa shape index (κ2) is 7.99. The zero-order chi connectivity index (χ0) is 15.3. The highest BCUT2D eigenvalue weighted by Gasteiger charge is 2.21. The Morgan fingerprint density at radius 1 is 1.38 bits per heavy atom. The maximum atomic E-state index is 12.1. The Hall–Kier alpha value is -1.60. The molecule has 120 valence electrons. The van der Waals surface area contributed by atoms with Crippen molar-refractivity contribution < 1.29 is 9.59 Å². The third-order valence-electron chi connectivity index (χ3n) is 2.55. The molecule has 0 aromatic carbocycles. The Morgan fingerprint density at radius 3 is 2.43 bits per heavy atom. The van der Waals surface area contributed by atoms with E-state index >= 15 is 0 Å². The molecule has 1 aromatic heterocycles. The van der Waals surface area contributed by atoms with Crippen molar-refractivity contribution in [1.29, 1.82) is 0 Å². The lowest BCUT2D eigenvalue weighted by atomic mass is 10.1. The van der Waals surface area contributed by atoms with Crippen LogP contribution in [0, 0.1) is 0 Å². The van der Waals surface area contributed by atoms with E-state index in [2.05, 4.69) is 21.0 Å². The number of carbonyl (C=O) groups excluding carboxylic acids is 2. The van der Waals surface area contributed by atoms with Gasteiger partial charge in [-0.15, -0.1) is 12.4 Å². The summed E-state index contributed by atoms with van der Waals surface area (Å²) in [7, 11) is 3.47. The van der Waals surface area contributed by atoms with Crippen LogP contribution in [0.4, 0.5) is 0 Å². The molecule has 1 rings (SSSR count). The number of nitrogens with zero attached hydrogens (tertiary/aromatic N) is 2. The Morgan fingerprint density at radius 2 is 2.00 bits per heavy atom. The van der Waals surface area contributed by atoms with Crippen LogP contribution < -0.4 is 16.0 Å². The number of hydrogen-bond donors (Lipinski definition) is 3. The van der Waals surface area contributed by atoms with Gasteiger partial charge in [-0.25, -0.2) is 0 Å². The monoisotopic (exact) mass is 317 g/mol. The quantitative estimate of drug-likeness (QED) is 0.720. The van der Waals surface area contributed by atoms with E-state index in [-0.39, 0.29) is 36.3 Å². The molecule has 0 aliphatic heterocycles. The molecule has 0 saturated heterocycles. The van der Waals surface area contributed by atoms with E-state index < -0.39 is 6.04 Å². The lowest BCUT2D eigenvalue weighted by Gasteiger charge is -2.21. The van der Waals surface area contributed by atoms with Gasteiger partial charge in [0.1, 0.15) is 6.04 Å². The van der Waals surface area contributed by atoms with E-state index in [0.29, 0.717) is 0 Å². The van der Waals surface area contributed by atoms with E-state index in [1.165, 1.54) is 0 Å². The predicted octanol–water partition coefficient (Wildman–Crippen LogP) is 0.133. The summed E-state index contributed by atoms with van der Waals surface area (Å²) in [6.07, 6.45) is 3.38. The topological polar surface area (TPSA) is 88.1 Å². The molecule has 1 heterocycles. The van der Waals surface area contributed by atoms with Crippen LogP contribution in [0.2, 0.25) is 0 Å². The Kier molecular flexibility index (Phi) is 7.38. The first-order chi connectivity index (χ1) is 9.23. The highest BCUT2D eigenvalue weighted by atomic mass is 35.5. The minimum atomic E-state index is -0.522. The first kappa shape index (κ1) is 19.4. The second-order valence-corrected chi connectivity index (χ2v) is 5.69. The molecule has 2 amide bonds. The molecule has 7 nitrogen and oxygen atoms in total. The van der Waals surface area contributed by atoms with Gasteiger partial charge in [-0.3, -0.25) is 14.3 Å². The standard InChI is InChI=1S/C13H23N5O2.ClH/c1-13(2,3)17-10(19)7-15-12(20)11(14-4)9-6-16-18(5)8-9;/h6,8,11,14H,7H2,1-5H3,(H,15,20)(H,17,19);1H. The Labute approximate surface area is 131 Å². The molecule has 0 saturated carbocycles. The molecule has 0 radical (unpaired) electrons. The maximum absolute atomic E-state index is 12.1. The minimum Gasteiger partial charge on any atom is -0.350 e. The fraction of sp³-hybridized carbons (Fsp3) is 0.615. The zero-order valence-electron chi connectivity index (χ0n) is 13.1. The molecular weight excluding hydrogens is 294 g/mol. The number of rotatable bonds is 5. The average molecular weight is 318 g/mol. The lowest BCUT2D eigenvalue weighted by Crippen LogP contribution is -2.47. The van der Waals surface area contributed by atoms with Crippen molar-refractivity contribution in [2.24, 2.45) is 7.05 Å². The number of aromatic nitrogens is 2. The van der Waals surface area contributed by atoms with Gasteiger partial charge in [0.05, 0.1) is 12.7 Å². The summed E-state index contributed by atoms with van der Waals surface area (Å²) in [6.45, 7) is 5.62. The highest BCUT2D eigenvalue weighted by Crippen LogP contribution is 2.10. The summed E-state index contributed by atoms with van der Waals surface area (Å²) in [5, 5.41) is 12.3. The third-order valence-corrected chi connectivity index (χ3v) is 2.55. The molecule has 0 bridgehead atoms. The van der Waals surface area contributed by atoms with Crippen LogP contribution in [0.15, 0.2) is 12.4 Å². The molecule has 0 spiro atoms. The van der Waals surface area contributed by atoms with Crippen molar-refractivity contribution in [3.8, 4) is 0 Å². The molecule has 1 unspecified atom stereocenters. The van der Waals surface area contributed by atoms with E-state index in [1.54, 1.807) is 31.2 Å². The maximum Gasteiger partial charge on any atom is 0.242 e. The van der Waals surface area contributed by atoms with Crippen molar-refractivity contribution in [1.82, 2.24) is 25.7 Å². The number of carbonyl (C=O) groups is 2. The number of halogens is 1. The van der Waals surface area contributed by atoms with Crippen LogP contribution in [-0.4, -0.2) is 40.7 Å². The summed E-state index contributed by atoms with van der Waals surface area (Å²) in [5.74, 6) is -0.476. The van der Waals surface area contributed by atoms with Crippen LogP contribution in [0.1, 0.15) is 32.4 Å². The highest BCUT2D eigenvalue weighted by molar-refractivity contribution is 5.88. The lowest BCUT2D eigenvalue weighted by molar-refractivity contribution is -0.128. The van der Waals surface area contributed by atoms with Gasteiger partial charge in [-0.1, -0.05) is 0 Å². The van der Waals surface area contributed by atoms with Crippen LogP contribution in [0.3, 0.4) is 0 Å². The number of nitrogens with one attached hydrogen (secondary N) is 3. The van der Waals surface area contributed by atoms with E-state index in [4.69, 9.17) is 0 Å². The van der Waals surface area contributed by atoms with Gasteiger partial charge in [-0.2, -0.15) is 5.10 Å². The summed E-state index contributed by atoms with van der Waals surface area (Å²) in [5.41, 5.74) is 0.442. The molecule has 0 aliphatic carbocycles. The molecule has 0 aliphatic rings. The van der Waals surface area contributed by atoms with Gasteiger partial charge < -0.3 is 16.0 Å². The molecule has 3 N–H and O–H groups in total. The average Bonchev–Trinajstić information content (AvgIpc) is 2.72. The molecular formula is C13H24ClN5O2. The largest absolute Gasteiger partial charge is 0.350 e. The summed E-state index contributed by atoms with van der Waals surface area (Å²) >= 11 is 0. The van der Waals surface area contributed by atoms with E-state index in [1.807, 2.05) is 20.8 Å². The Bertz CT molecular complexity index is 481. The van der Waals surface area contributed by atoms with Gasteiger partial charge >= 0.3 is 0 Å². The van der Waals surface area contributed by atoms with Crippen LogP contribution in [0.25, 0.3) is 0 Å². The number of likely N-dealkylation sites (N-methyl/N-ethyl adjacent to an activating group) is 1. The SMILES string of the molecule is CNC(C(=O)NCC(=O)NC(C)(C)C)c1cnn(C)c1.Cl. The van der Waals surface area contributed by atoms with Gasteiger partial charge in [-0.05, 0) is 27.8 Å². The summed E-state index contributed by atoms with van der Waals surface area (Å²) in [6, 6.07) is -0.522. The van der Waals surface area contributed by atoms with Crippen molar-refractivity contribution in [2.75, 3.05) is 13.6 Å². The molecule has 1 atom stereocenters. The number of amides is 2. The minimum absolute atomic E-state index is 0. The van der Waals surface area contributed by atoms with Crippen LogP contribution in [-0.2, 0) is 16.6 Å². The first-order valence-electron chi connectivity index (χ1n) is 6.47. The van der Waals surface area contributed by atoms with Gasteiger partial charge in [0.25, 0.3) is 0 Å². The zero-order valence-corrected chi connectivity index (χ0v) is 13.9. The van der Waals surface area contributed by atoms with Gasteiger partial charge in [0.15, 0.2) is 0 Å². The van der Waals surface area contributed by atoms with Crippen LogP contribution in [0.5, 0.6) is 0 Å². The Balaban J connectivity index is 0.00000400. The summed E-state index contributed by atoms with van der Waals surface area (Å²) in [4.78, 5) is 23.7. The normalized spacial score (nSPS) is 12.2. The predicted molar refractivity (Wildman–Crippen MR) is 83.2 cm³/mol. The molecule has 21 heavy (non-hydrogen) atoms. The van der Waals surface area contributed by atoms with Crippen molar-refractivity contribution in [3.63, 3.8) is 0 Å². The van der Waals surface area contributed by atoms with Gasteiger partial charge in [0, 0.05) is 24.3 Å². The van der Waals surface area contributed by atoms with E-state index in [0.717, 1.165) is 5.56 Å². The fourth-order valence-electron chi connectivity index (χ4n) is 1.77. The smallest absolute Gasteiger partial charge is 0.242 e. The first-order valence-corrected chi connectivity index (χ1v) is 6.47. The summed E-state index contributed by atoms with van der Waals surface area (Å²) < 4.78 is 1.62. The van der Waals surface area contributed by atoms with E-state index in [9.17, 15) is 9.59 Å². The van der Waals surface area contributed by atoms with Crippen molar-refractivity contribution in [2.45, 2.75) is 32.4 Å². The number of hydrogen-bond acceptors (Lipinski definition) is 4. The van der Waals surface area contributed by atoms with Crippen molar-refractivity contribution in [3.05, 3.63) is 18.0 Å².